The first-order valence-electron chi connectivity index (χ1n) is 10.5. The van der Waals surface area contributed by atoms with Gasteiger partial charge in [-0.3, -0.25) is 9.59 Å². The molecule has 3 rings (SSSR count). The number of benzene rings is 1. The van der Waals surface area contributed by atoms with Gasteiger partial charge in [-0.2, -0.15) is 0 Å². The molecule has 2 atom stereocenters. The zero-order valence-electron chi connectivity index (χ0n) is 17.1. The monoisotopic (exact) mass is 407 g/mol. The van der Waals surface area contributed by atoms with Gasteiger partial charge in [-0.25, -0.2) is 0 Å². The Balaban J connectivity index is 0.00000280. The van der Waals surface area contributed by atoms with Crippen molar-refractivity contribution in [1.82, 2.24) is 10.2 Å². The van der Waals surface area contributed by atoms with Crippen molar-refractivity contribution in [3.63, 3.8) is 0 Å². The Labute approximate surface area is 175 Å². The van der Waals surface area contributed by atoms with E-state index in [2.05, 4.69) is 24.5 Å². The van der Waals surface area contributed by atoms with Crippen molar-refractivity contribution in [1.29, 1.82) is 0 Å². The van der Waals surface area contributed by atoms with E-state index >= 15 is 0 Å². The summed E-state index contributed by atoms with van der Waals surface area (Å²) < 4.78 is 0. The highest BCUT2D eigenvalue weighted by atomic mass is 35.5. The quantitative estimate of drug-likeness (QED) is 0.715. The summed E-state index contributed by atoms with van der Waals surface area (Å²) in [5.74, 6) is 0.654. The van der Waals surface area contributed by atoms with Gasteiger partial charge in [0.1, 0.15) is 0 Å². The fourth-order valence-electron chi connectivity index (χ4n) is 4.68. The second-order valence-corrected chi connectivity index (χ2v) is 8.05. The summed E-state index contributed by atoms with van der Waals surface area (Å²) in [6.45, 7) is 7.47. The van der Waals surface area contributed by atoms with Crippen LogP contribution in [-0.4, -0.2) is 42.9 Å². The highest BCUT2D eigenvalue weighted by Crippen LogP contribution is 2.44. The van der Waals surface area contributed by atoms with E-state index in [1.54, 1.807) is 0 Å². The predicted octanol–water partition coefficient (Wildman–Crippen LogP) is 4.09. The lowest BCUT2D eigenvalue weighted by atomic mass is 9.67. The Hall–Kier alpha value is -1.59. The Morgan fingerprint density at radius 2 is 1.82 bits per heavy atom. The zero-order valence-corrected chi connectivity index (χ0v) is 17.9. The lowest BCUT2D eigenvalue weighted by Gasteiger charge is -2.37. The van der Waals surface area contributed by atoms with E-state index in [1.165, 1.54) is 6.42 Å². The average Bonchev–Trinajstić information content (AvgIpc) is 3.13. The van der Waals surface area contributed by atoms with Crippen LogP contribution < -0.4 is 10.6 Å². The van der Waals surface area contributed by atoms with Crippen LogP contribution in [0.25, 0.3) is 0 Å². The maximum Gasteiger partial charge on any atom is 0.253 e. The minimum atomic E-state index is -0.258. The highest BCUT2D eigenvalue weighted by Gasteiger charge is 2.49. The van der Waals surface area contributed by atoms with Crippen molar-refractivity contribution in [3.8, 4) is 0 Å². The van der Waals surface area contributed by atoms with Crippen LogP contribution in [0.1, 0.15) is 62.7 Å². The lowest BCUT2D eigenvalue weighted by molar-refractivity contribution is -0.128. The number of nitrogens with one attached hydrogen (secondary N) is 2. The normalized spacial score (nSPS) is 23.4. The van der Waals surface area contributed by atoms with E-state index in [0.29, 0.717) is 11.5 Å². The maximum absolute atomic E-state index is 13.0. The minimum Gasteiger partial charge on any atom is -0.339 e. The fourth-order valence-corrected chi connectivity index (χ4v) is 4.68. The SMILES string of the molecule is CCCN(CCC)C(=O)c1ccc(NC(=O)[C@@]23CCCC[C@H]2CNC3)cc1.Cl. The number of fused-ring (bicyclic) bond motifs is 1. The van der Waals surface area contributed by atoms with Gasteiger partial charge in [0.15, 0.2) is 0 Å². The van der Waals surface area contributed by atoms with Gasteiger partial charge < -0.3 is 15.5 Å². The third kappa shape index (κ3) is 4.69. The van der Waals surface area contributed by atoms with E-state index in [1.807, 2.05) is 29.2 Å². The molecule has 2 N–H and O–H groups in total. The number of rotatable bonds is 7. The van der Waals surface area contributed by atoms with Crippen LogP contribution in [0.4, 0.5) is 5.69 Å². The smallest absolute Gasteiger partial charge is 0.253 e. The van der Waals surface area contributed by atoms with E-state index in [-0.39, 0.29) is 29.6 Å². The van der Waals surface area contributed by atoms with Gasteiger partial charge >= 0.3 is 0 Å². The molecule has 0 radical (unpaired) electrons. The molecule has 156 valence electrons. The summed E-state index contributed by atoms with van der Waals surface area (Å²) in [5.41, 5.74) is 1.21. The van der Waals surface area contributed by atoms with Crippen LogP contribution in [0.2, 0.25) is 0 Å². The number of hydrogen-bond acceptors (Lipinski definition) is 3. The number of carbonyl (C=O) groups is 2. The molecule has 0 unspecified atom stereocenters. The van der Waals surface area contributed by atoms with Crippen molar-refractivity contribution in [2.75, 3.05) is 31.5 Å². The molecular formula is C22H34ClN3O2. The Morgan fingerprint density at radius 1 is 1.14 bits per heavy atom. The lowest BCUT2D eigenvalue weighted by Crippen LogP contribution is -2.44. The Bertz CT molecular complexity index is 658. The van der Waals surface area contributed by atoms with Crippen molar-refractivity contribution in [2.45, 2.75) is 52.4 Å². The summed E-state index contributed by atoms with van der Waals surface area (Å²) in [4.78, 5) is 27.6. The topological polar surface area (TPSA) is 61.4 Å². The Kier molecular flexibility index (Phi) is 8.32. The molecule has 1 aromatic carbocycles. The van der Waals surface area contributed by atoms with Crippen LogP contribution in [-0.2, 0) is 4.79 Å². The van der Waals surface area contributed by atoms with Gasteiger partial charge in [0.2, 0.25) is 5.91 Å². The first-order chi connectivity index (χ1) is 13.1. The molecule has 1 heterocycles. The first kappa shape index (κ1) is 22.7. The van der Waals surface area contributed by atoms with Crippen molar-refractivity contribution in [3.05, 3.63) is 29.8 Å². The Morgan fingerprint density at radius 3 is 2.46 bits per heavy atom. The van der Waals surface area contributed by atoms with Gasteiger partial charge in [0, 0.05) is 30.9 Å². The second kappa shape index (κ2) is 10.3. The predicted molar refractivity (Wildman–Crippen MR) is 116 cm³/mol. The van der Waals surface area contributed by atoms with E-state index in [0.717, 1.165) is 64.0 Å². The summed E-state index contributed by atoms with van der Waals surface area (Å²) in [6.07, 6.45) is 6.37. The summed E-state index contributed by atoms with van der Waals surface area (Å²) in [5, 5.41) is 6.54. The van der Waals surface area contributed by atoms with Crippen LogP contribution >= 0.6 is 12.4 Å². The number of anilines is 1. The zero-order chi connectivity index (χ0) is 19.3. The molecule has 2 aliphatic rings. The largest absolute Gasteiger partial charge is 0.339 e. The molecule has 1 aliphatic heterocycles. The van der Waals surface area contributed by atoms with E-state index in [9.17, 15) is 9.59 Å². The van der Waals surface area contributed by atoms with Crippen LogP contribution in [0.3, 0.4) is 0 Å². The van der Waals surface area contributed by atoms with Crippen LogP contribution in [0, 0.1) is 11.3 Å². The average molecular weight is 408 g/mol. The molecule has 5 nitrogen and oxygen atoms in total. The molecule has 0 spiro atoms. The summed E-state index contributed by atoms with van der Waals surface area (Å²) >= 11 is 0. The van der Waals surface area contributed by atoms with E-state index in [4.69, 9.17) is 0 Å². The number of halogens is 1. The third-order valence-corrected chi connectivity index (χ3v) is 6.15. The van der Waals surface area contributed by atoms with Gasteiger partial charge in [-0.05, 0) is 62.4 Å². The molecule has 2 fully saturated rings. The molecule has 28 heavy (non-hydrogen) atoms. The molecule has 1 aliphatic carbocycles. The molecule has 0 bridgehead atoms. The molecular weight excluding hydrogens is 374 g/mol. The molecule has 0 aromatic heterocycles. The number of nitrogens with zero attached hydrogens (tertiary/aromatic N) is 1. The van der Waals surface area contributed by atoms with Crippen molar-refractivity contribution >= 4 is 29.9 Å². The van der Waals surface area contributed by atoms with Crippen LogP contribution in [0.15, 0.2) is 24.3 Å². The first-order valence-corrected chi connectivity index (χ1v) is 10.5. The van der Waals surface area contributed by atoms with Gasteiger partial charge in [-0.15, -0.1) is 12.4 Å². The molecule has 1 aromatic rings. The fraction of sp³-hybridized carbons (Fsp3) is 0.636. The van der Waals surface area contributed by atoms with Gasteiger partial charge in [0.25, 0.3) is 5.91 Å². The highest BCUT2D eigenvalue weighted by molar-refractivity contribution is 5.98. The number of carbonyl (C=O) groups excluding carboxylic acids is 2. The van der Waals surface area contributed by atoms with Gasteiger partial charge in [-0.1, -0.05) is 26.7 Å². The minimum absolute atomic E-state index is 0. The van der Waals surface area contributed by atoms with Crippen LogP contribution in [0.5, 0.6) is 0 Å². The molecule has 1 saturated carbocycles. The number of hydrogen-bond donors (Lipinski definition) is 2. The standard InChI is InChI=1S/C22H33N3O2.ClH/c1-3-13-25(14-4-2)20(26)17-8-10-19(11-9-17)24-21(27)22-12-6-5-7-18(22)15-23-16-22;/h8-11,18,23H,3-7,12-16H2,1-2H3,(H,24,27);1H/t18-,22+;/m0./s1. The van der Waals surface area contributed by atoms with E-state index < -0.39 is 0 Å². The van der Waals surface area contributed by atoms with Crippen molar-refractivity contribution in [2.24, 2.45) is 11.3 Å². The van der Waals surface area contributed by atoms with Gasteiger partial charge in [0.05, 0.1) is 5.41 Å². The second-order valence-electron chi connectivity index (χ2n) is 8.05. The van der Waals surface area contributed by atoms with Crippen molar-refractivity contribution < 1.29 is 9.59 Å². The molecule has 1 saturated heterocycles. The summed E-state index contributed by atoms with van der Waals surface area (Å²) in [6, 6.07) is 7.38. The third-order valence-electron chi connectivity index (χ3n) is 6.15. The molecule has 2 amide bonds. The summed E-state index contributed by atoms with van der Waals surface area (Å²) in [7, 11) is 0. The maximum atomic E-state index is 13.0. The number of amides is 2. The molecule has 6 heteroatoms.